The van der Waals surface area contributed by atoms with Gasteiger partial charge in [-0.15, -0.1) is 10.2 Å². The summed E-state index contributed by atoms with van der Waals surface area (Å²) in [7, 11) is 0. The maximum atomic E-state index is 13.0. The van der Waals surface area contributed by atoms with E-state index in [1.165, 1.54) is 0 Å². The van der Waals surface area contributed by atoms with Gasteiger partial charge in [-0.05, 0) is 49.6 Å². The van der Waals surface area contributed by atoms with Gasteiger partial charge in [0.05, 0.1) is 12.0 Å². The van der Waals surface area contributed by atoms with E-state index in [4.69, 9.17) is 9.47 Å². The Hall–Kier alpha value is -3.07. The first-order chi connectivity index (χ1) is 15.2. The average Bonchev–Trinajstić information content (AvgIpc) is 3.51. The lowest BCUT2D eigenvalue weighted by molar-refractivity contribution is -0.125. The number of nitrogens with zero attached hydrogens (tertiary/aromatic N) is 4. The number of ether oxygens (including phenoxy) is 2. The molecule has 2 atom stereocenters. The molecule has 4 heterocycles. The molecule has 3 aromatic rings. The van der Waals surface area contributed by atoms with Crippen LogP contribution >= 0.6 is 11.3 Å². The van der Waals surface area contributed by atoms with Gasteiger partial charge in [0.25, 0.3) is 0 Å². The summed E-state index contributed by atoms with van der Waals surface area (Å²) in [6, 6.07) is 9.66. The highest BCUT2D eigenvalue weighted by molar-refractivity contribution is 7.17. The molecule has 1 saturated heterocycles. The molecule has 1 fully saturated rings. The zero-order valence-electron chi connectivity index (χ0n) is 17.4. The summed E-state index contributed by atoms with van der Waals surface area (Å²) in [5.41, 5.74) is 1.01. The van der Waals surface area contributed by atoms with Crippen LogP contribution in [0, 0.1) is 5.92 Å². The SMILES string of the molecule is C[C@H](NC(=O)[C@@H]1CCCN(c2nnc(-n3cccc3)s2)C1)c1ccc2c(c1)OCCO2. The molecule has 0 radical (unpaired) electrons. The fourth-order valence-corrected chi connectivity index (χ4v) is 4.86. The molecule has 0 unspecified atom stereocenters. The van der Waals surface area contributed by atoms with Gasteiger partial charge in [0, 0.05) is 25.5 Å². The summed E-state index contributed by atoms with van der Waals surface area (Å²) in [5.74, 6) is 1.49. The van der Waals surface area contributed by atoms with Crippen LogP contribution in [0.15, 0.2) is 42.7 Å². The quantitative estimate of drug-likeness (QED) is 0.658. The van der Waals surface area contributed by atoms with E-state index in [1.807, 2.05) is 54.2 Å². The molecule has 0 bridgehead atoms. The minimum Gasteiger partial charge on any atom is -0.486 e. The fourth-order valence-electron chi connectivity index (χ4n) is 4.01. The lowest BCUT2D eigenvalue weighted by atomic mass is 9.96. The van der Waals surface area contributed by atoms with Gasteiger partial charge in [0.1, 0.15) is 13.2 Å². The third-order valence-corrected chi connectivity index (χ3v) is 6.71. The second kappa shape index (κ2) is 8.58. The van der Waals surface area contributed by atoms with Gasteiger partial charge >= 0.3 is 0 Å². The highest BCUT2D eigenvalue weighted by Crippen LogP contribution is 2.33. The lowest BCUT2D eigenvalue weighted by Gasteiger charge is -2.32. The predicted octanol–water partition coefficient (Wildman–Crippen LogP) is 3.19. The molecule has 0 spiro atoms. The fraction of sp³-hybridized carbons (Fsp3) is 0.409. The van der Waals surface area contributed by atoms with Gasteiger partial charge in [-0.3, -0.25) is 9.36 Å². The second-order valence-electron chi connectivity index (χ2n) is 7.88. The molecule has 2 aliphatic heterocycles. The number of anilines is 1. The molecule has 9 heteroatoms. The molecular weight excluding hydrogens is 414 g/mol. The summed E-state index contributed by atoms with van der Waals surface area (Å²) in [4.78, 5) is 15.2. The van der Waals surface area contributed by atoms with Crippen LogP contribution in [0.1, 0.15) is 31.4 Å². The van der Waals surface area contributed by atoms with E-state index >= 15 is 0 Å². The maximum absolute atomic E-state index is 13.0. The molecule has 2 aromatic heterocycles. The Morgan fingerprint density at radius 1 is 1.16 bits per heavy atom. The maximum Gasteiger partial charge on any atom is 0.225 e. The first kappa shape index (κ1) is 19.9. The summed E-state index contributed by atoms with van der Waals surface area (Å²) in [6.45, 7) is 4.66. The third kappa shape index (κ3) is 4.23. The van der Waals surface area contributed by atoms with Gasteiger partial charge in [-0.1, -0.05) is 17.4 Å². The Morgan fingerprint density at radius 3 is 2.77 bits per heavy atom. The Bertz CT molecular complexity index is 1050. The van der Waals surface area contributed by atoms with E-state index in [0.29, 0.717) is 19.8 Å². The summed E-state index contributed by atoms with van der Waals surface area (Å²) in [6.07, 6.45) is 5.74. The molecule has 162 valence electrons. The van der Waals surface area contributed by atoms with Crippen molar-refractivity contribution in [3.8, 4) is 16.6 Å². The van der Waals surface area contributed by atoms with Gasteiger partial charge in [-0.2, -0.15) is 0 Å². The normalized spacial score (nSPS) is 19.1. The standard InChI is InChI=1S/C22H25N5O3S/c1-15(16-6-7-18-19(13-16)30-12-11-29-18)23-20(28)17-5-4-10-27(14-17)22-25-24-21(31-22)26-8-2-3-9-26/h2-3,6-9,13,15,17H,4-5,10-12,14H2,1H3,(H,23,28)/t15-,17+/m0/s1. The number of nitrogens with one attached hydrogen (secondary N) is 1. The summed E-state index contributed by atoms with van der Waals surface area (Å²) < 4.78 is 13.2. The molecule has 31 heavy (non-hydrogen) atoms. The van der Waals surface area contributed by atoms with Crippen molar-refractivity contribution in [1.29, 1.82) is 0 Å². The van der Waals surface area contributed by atoms with Crippen LogP contribution in [0.25, 0.3) is 5.13 Å². The third-order valence-electron chi connectivity index (χ3n) is 5.72. The van der Waals surface area contributed by atoms with Gasteiger partial charge < -0.3 is 19.7 Å². The topological polar surface area (TPSA) is 81.5 Å². The number of fused-ring (bicyclic) bond motifs is 1. The van der Waals surface area contributed by atoms with Crippen LogP contribution in [-0.2, 0) is 4.79 Å². The van der Waals surface area contributed by atoms with Crippen molar-refractivity contribution < 1.29 is 14.3 Å². The van der Waals surface area contributed by atoms with Crippen LogP contribution in [0.2, 0.25) is 0 Å². The molecule has 1 N–H and O–H groups in total. The molecule has 1 amide bonds. The number of piperidine rings is 1. The largest absolute Gasteiger partial charge is 0.486 e. The van der Waals surface area contributed by atoms with Crippen LogP contribution in [0.3, 0.4) is 0 Å². The van der Waals surface area contributed by atoms with Crippen molar-refractivity contribution in [2.75, 3.05) is 31.2 Å². The summed E-state index contributed by atoms with van der Waals surface area (Å²) >= 11 is 1.54. The van der Waals surface area contributed by atoms with Crippen molar-refractivity contribution >= 4 is 22.4 Å². The monoisotopic (exact) mass is 439 g/mol. The van der Waals surface area contributed by atoms with E-state index < -0.39 is 0 Å². The Kier molecular flexibility index (Phi) is 5.50. The molecule has 2 aliphatic rings. The van der Waals surface area contributed by atoms with Crippen LogP contribution in [0.4, 0.5) is 5.13 Å². The second-order valence-corrected chi connectivity index (χ2v) is 8.81. The molecule has 1 aromatic carbocycles. The number of carbonyl (C=O) groups excluding carboxylic acids is 1. The highest BCUT2D eigenvalue weighted by atomic mass is 32.1. The Balaban J connectivity index is 1.22. The Morgan fingerprint density at radius 2 is 1.94 bits per heavy atom. The van der Waals surface area contributed by atoms with Crippen LogP contribution in [-0.4, -0.2) is 47.0 Å². The van der Waals surface area contributed by atoms with Crippen molar-refractivity contribution in [3.63, 3.8) is 0 Å². The Labute approximate surface area is 184 Å². The van der Waals surface area contributed by atoms with E-state index in [2.05, 4.69) is 20.4 Å². The zero-order chi connectivity index (χ0) is 21.2. The summed E-state index contributed by atoms with van der Waals surface area (Å²) in [5, 5.41) is 13.5. The number of amides is 1. The lowest BCUT2D eigenvalue weighted by Crippen LogP contribution is -2.43. The number of hydrogen-bond donors (Lipinski definition) is 1. The van der Waals surface area contributed by atoms with E-state index in [9.17, 15) is 4.79 Å². The average molecular weight is 440 g/mol. The van der Waals surface area contributed by atoms with Crippen molar-refractivity contribution in [1.82, 2.24) is 20.1 Å². The van der Waals surface area contributed by atoms with Gasteiger partial charge in [0.2, 0.25) is 16.2 Å². The first-order valence-corrected chi connectivity index (χ1v) is 11.4. The number of rotatable bonds is 5. The predicted molar refractivity (Wildman–Crippen MR) is 118 cm³/mol. The molecule has 5 rings (SSSR count). The smallest absolute Gasteiger partial charge is 0.225 e. The minimum atomic E-state index is -0.111. The van der Waals surface area contributed by atoms with E-state index in [-0.39, 0.29) is 17.9 Å². The van der Waals surface area contributed by atoms with E-state index in [0.717, 1.165) is 46.7 Å². The molecular formula is C22H25N5O3S. The number of benzene rings is 1. The van der Waals surface area contributed by atoms with Gasteiger partial charge in [-0.25, -0.2) is 0 Å². The number of carbonyl (C=O) groups is 1. The number of hydrogen-bond acceptors (Lipinski definition) is 7. The molecule has 0 aliphatic carbocycles. The van der Waals surface area contributed by atoms with E-state index in [1.54, 1.807) is 11.3 Å². The highest BCUT2D eigenvalue weighted by Gasteiger charge is 2.29. The van der Waals surface area contributed by atoms with Crippen molar-refractivity contribution in [3.05, 3.63) is 48.3 Å². The first-order valence-electron chi connectivity index (χ1n) is 10.6. The number of aromatic nitrogens is 3. The zero-order valence-corrected chi connectivity index (χ0v) is 18.2. The molecule has 8 nitrogen and oxygen atoms in total. The van der Waals surface area contributed by atoms with Crippen LogP contribution in [0.5, 0.6) is 11.5 Å². The minimum absolute atomic E-state index is 0.0715. The van der Waals surface area contributed by atoms with Crippen molar-refractivity contribution in [2.24, 2.45) is 5.92 Å². The van der Waals surface area contributed by atoms with Gasteiger partial charge in [0.15, 0.2) is 11.5 Å². The van der Waals surface area contributed by atoms with Crippen molar-refractivity contribution in [2.45, 2.75) is 25.8 Å². The molecule has 0 saturated carbocycles. The van der Waals surface area contributed by atoms with Crippen LogP contribution < -0.4 is 19.7 Å².